The number of carbonyl (C=O) groups is 1. The van der Waals surface area contributed by atoms with Gasteiger partial charge in [0.15, 0.2) is 5.69 Å². The van der Waals surface area contributed by atoms with Gasteiger partial charge in [-0.15, -0.1) is 5.10 Å². The normalized spacial score (nSPS) is 11.1. The number of carboxylic acids is 1. The Morgan fingerprint density at radius 2 is 2.15 bits per heavy atom. The molecule has 6 heteroatoms. The Labute approximate surface area is 122 Å². The minimum absolute atomic E-state index is 0.00178. The van der Waals surface area contributed by atoms with Crippen LogP contribution in [0.4, 0.5) is 0 Å². The third kappa shape index (κ3) is 2.67. The highest BCUT2D eigenvalue weighted by Gasteiger charge is 2.21. The quantitative estimate of drug-likeness (QED) is 0.940. The molecule has 0 bridgehead atoms. The molecule has 0 aliphatic heterocycles. The first-order valence-corrected chi connectivity index (χ1v) is 6.73. The lowest BCUT2D eigenvalue weighted by molar-refractivity contribution is 0.0689. The lowest BCUT2D eigenvalue weighted by Gasteiger charge is -2.12. The first-order chi connectivity index (χ1) is 9.41. The second-order valence-electron chi connectivity index (χ2n) is 5.08. The fraction of sp³-hybridized carbons (Fsp3) is 0.357. The molecule has 1 aromatic heterocycles. The molecule has 0 unspecified atom stereocenters. The van der Waals surface area contributed by atoms with Gasteiger partial charge in [0.05, 0.1) is 11.4 Å². The van der Waals surface area contributed by atoms with Crippen molar-refractivity contribution in [3.8, 4) is 5.69 Å². The second-order valence-corrected chi connectivity index (χ2v) is 5.49. The van der Waals surface area contributed by atoms with Gasteiger partial charge in [0, 0.05) is 5.02 Å². The fourth-order valence-corrected chi connectivity index (χ4v) is 2.23. The largest absolute Gasteiger partial charge is 0.476 e. The van der Waals surface area contributed by atoms with Crippen LogP contribution in [-0.4, -0.2) is 26.1 Å². The van der Waals surface area contributed by atoms with Gasteiger partial charge in [-0.05, 0) is 37.0 Å². The molecule has 2 rings (SSSR count). The van der Waals surface area contributed by atoms with Gasteiger partial charge in [0.25, 0.3) is 0 Å². The number of rotatable bonds is 4. The number of hydrogen-bond donors (Lipinski definition) is 1. The van der Waals surface area contributed by atoms with E-state index in [-0.39, 0.29) is 5.69 Å². The molecular formula is C14H16ClN3O2. The summed E-state index contributed by atoms with van der Waals surface area (Å²) in [5.41, 5.74) is 2.20. The number of benzene rings is 1. The van der Waals surface area contributed by atoms with Gasteiger partial charge in [-0.3, -0.25) is 0 Å². The summed E-state index contributed by atoms with van der Waals surface area (Å²) in [5, 5.41) is 17.6. The number of carboxylic acid groups (broad SMARTS) is 1. The molecule has 1 heterocycles. The van der Waals surface area contributed by atoms with E-state index in [4.69, 9.17) is 11.6 Å². The molecule has 2 aromatic rings. The van der Waals surface area contributed by atoms with Gasteiger partial charge < -0.3 is 5.11 Å². The Morgan fingerprint density at radius 1 is 1.45 bits per heavy atom. The zero-order valence-corrected chi connectivity index (χ0v) is 12.3. The summed E-state index contributed by atoms with van der Waals surface area (Å²) < 4.78 is 1.57. The van der Waals surface area contributed by atoms with E-state index in [0.717, 1.165) is 11.3 Å². The number of aromatic carboxylic acids is 1. The van der Waals surface area contributed by atoms with Crippen LogP contribution in [0.3, 0.4) is 0 Å². The van der Waals surface area contributed by atoms with Crippen LogP contribution < -0.4 is 0 Å². The number of nitrogens with zero attached hydrogens (tertiary/aromatic N) is 3. The number of halogens is 1. The first-order valence-electron chi connectivity index (χ1n) is 6.35. The van der Waals surface area contributed by atoms with Crippen molar-refractivity contribution in [3.05, 3.63) is 40.2 Å². The molecule has 5 nitrogen and oxygen atoms in total. The molecule has 0 fully saturated rings. The molecule has 0 radical (unpaired) electrons. The van der Waals surface area contributed by atoms with Crippen molar-refractivity contribution >= 4 is 17.6 Å². The van der Waals surface area contributed by atoms with E-state index in [1.165, 1.54) is 0 Å². The fourth-order valence-electron chi connectivity index (χ4n) is 2.06. The van der Waals surface area contributed by atoms with Crippen molar-refractivity contribution in [1.29, 1.82) is 0 Å². The summed E-state index contributed by atoms with van der Waals surface area (Å²) in [5.74, 6) is -0.767. The molecular weight excluding hydrogens is 278 g/mol. The lowest BCUT2D eigenvalue weighted by Crippen LogP contribution is -2.10. The molecule has 0 atom stereocenters. The Balaban J connectivity index is 2.62. The molecule has 106 valence electrons. The minimum Gasteiger partial charge on any atom is -0.476 e. The Morgan fingerprint density at radius 3 is 2.75 bits per heavy atom. The molecule has 1 N–H and O–H groups in total. The van der Waals surface area contributed by atoms with Gasteiger partial charge in [0.2, 0.25) is 0 Å². The molecule has 0 aliphatic carbocycles. The molecule has 20 heavy (non-hydrogen) atoms. The average molecular weight is 294 g/mol. The van der Waals surface area contributed by atoms with Crippen LogP contribution in [0.2, 0.25) is 5.02 Å². The van der Waals surface area contributed by atoms with E-state index in [0.29, 0.717) is 23.1 Å². The van der Waals surface area contributed by atoms with Gasteiger partial charge in [-0.2, -0.15) is 0 Å². The number of hydrogen-bond acceptors (Lipinski definition) is 3. The predicted octanol–water partition coefficient (Wildman–Crippen LogP) is 3.13. The summed E-state index contributed by atoms with van der Waals surface area (Å²) >= 11 is 6.11. The number of aromatic nitrogens is 3. The van der Waals surface area contributed by atoms with E-state index in [1.54, 1.807) is 10.7 Å². The van der Waals surface area contributed by atoms with Crippen LogP contribution in [0.15, 0.2) is 18.2 Å². The zero-order valence-electron chi connectivity index (χ0n) is 11.6. The predicted molar refractivity (Wildman–Crippen MR) is 76.6 cm³/mol. The molecule has 0 spiro atoms. The van der Waals surface area contributed by atoms with Gasteiger partial charge in [0.1, 0.15) is 0 Å². The maximum Gasteiger partial charge on any atom is 0.358 e. The van der Waals surface area contributed by atoms with E-state index >= 15 is 0 Å². The van der Waals surface area contributed by atoms with Crippen molar-refractivity contribution in [2.24, 2.45) is 5.92 Å². The van der Waals surface area contributed by atoms with Crippen LogP contribution in [0, 0.1) is 12.8 Å². The van der Waals surface area contributed by atoms with Crippen LogP contribution in [0.1, 0.15) is 35.6 Å². The monoisotopic (exact) mass is 293 g/mol. The molecule has 0 amide bonds. The molecule has 1 aromatic carbocycles. The van der Waals surface area contributed by atoms with Crippen molar-refractivity contribution in [1.82, 2.24) is 15.0 Å². The van der Waals surface area contributed by atoms with Crippen LogP contribution in [0.5, 0.6) is 0 Å². The Bertz CT molecular complexity index is 650. The summed E-state index contributed by atoms with van der Waals surface area (Å²) in [6.45, 7) is 5.92. The third-order valence-electron chi connectivity index (χ3n) is 3.03. The van der Waals surface area contributed by atoms with Crippen LogP contribution >= 0.6 is 11.6 Å². The van der Waals surface area contributed by atoms with Crippen molar-refractivity contribution in [3.63, 3.8) is 0 Å². The van der Waals surface area contributed by atoms with Gasteiger partial charge in [-0.25, -0.2) is 9.48 Å². The zero-order chi connectivity index (χ0) is 14.9. The summed E-state index contributed by atoms with van der Waals surface area (Å²) in [7, 11) is 0. The molecule has 0 aliphatic rings. The van der Waals surface area contributed by atoms with Crippen LogP contribution in [0.25, 0.3) is 5.69 Å². The highest BCUT2D eigenvalue weighted by Crippen LogP contribution is 2.24. The minimum atomic E-state index is -1.06. The Hall–Kier alpha value is -1.88. The standard InChI is InChI=1S/C14H16ClN3O2/c1-8(2)7-12-13(14(19)20)16-17-18(12)11-6-4-5-10(15)9(11)3/h4-6,8H,7H2,1-3H3,(H,19,20). The average Bonchev–Trinajstić information content (AvgIpc) is 2.75. The van der Waals surface area contributed by atoms with E-state index in [2.05, 4.69) is 10.3 Å². The summed E-state index contributed by atoms with van der Waals surface area (Å²) in [6.07, 6.45) is 0.584. The van der Waals surface area contributed by atoms with Gasteiger partial charge >= 0.3 is 5.97 Å². The van der Waals surface area contributed by atoms with Gasteiger partial charge in [-0.1, -0.05) is 36.7 Å². The van der Waals surface area contributed by atoms with E-state index in [9.17, 15) is 9.90 Å². The molecule has 0 saturated carbocycles. The smallest absolute Gasteiger partial charge is 0.358 e. The molecule has 0 saturated heterocycles. The van der Waals surface area contributed by atoms with Crippen molar-refractivity contribution in [2.75, 3.05) is 0 Å². The van der Waals surface area contributed by atoms with E-state index < -0.39 is 5.97 Å². The van der Waals surface area contributed by atoms with E-state index in [1.807, 2.05) is 32.9 Å². The highest BCUT2D eigenvalue weighted by atomic mass is 35.5. The topological polar surface area (TPSA) is 68.0 Å². The second kappa shape index (κ2) is 5.63. The van der Waals surface area contributed by atoms with Crippen molar-refractivity contribution in [2.45, 2.75) is 27.2 Å². The summed E-state index contributed by atoms with van der Waals surface area (Å²) in [6, 6.07) is 5.45. The lowest BCUT2D eigenvalue weighted by atomic mass is 10.1. The summed E-state index contributed by atoms with van der Waals surface area (Å²) in [4.78, 5) is 11.3. The highest BCUT2D eigenvalue weighted by molar-refractivity contribution is 6.31. The third-order valence-corrected chi connectivity index (χ3v) is 3.44. The van der Waals surface area contributed by atoms with Crippen LogP contribution in [-0.2, 0) is 6.42 Å². The maximum atomic E-state index is 11.3. The SMILES string of the molecule is Cc1c(Cl)cccc1-n1nnc(C(=O)O)c1CC(C)C. The maximum absolute atomic E-state index is 11.3. The Kier molecular flexibility index (Phi) is 4.09. The first kappa shape index (κ1) is 14.5. The van der Waals surface area contributed by atoms with Crippen molar-refractivity contribution < 1.29 is 9.90 Å².